The molecule has 0 bridgehead atoms. The van der Waals surface area contributed by atoms with E-state index in [1.54, 1.807) is 42.5 Å². The maximum Gasteiger partial charge on any atom is 0.294 e. The molecule has 2 heterocycles. The van der Waals surface area contributed by atoms with Crippen LogP contribution in [0.5, 0.6) is 17.2 Å². The number of nitrogen functional groups attached to an aromatic ring is 1. The van der Waals surface area contributed by atoms with Gasteiger partial charge in [-0.15, -0.1) is 5.10 Å². The topological polar surface area (TPSA) is 165 Å². The van der Waals surface area contributed by atoms with E-state index in [0.717, 1.165) is 0 Å². The molecule has 0 unspecified atom stereocenters. The minimum atomic E-state index is -0.624. The summed E-state index contributed by atoms with van der Waals surface area (Å²) >= 11 is 0. The van der Waals surface area contributed by atoms with E-state index < -0.39 is 5.91 Å². The molecular formula is C22H22N8O5. The number of nitrogens with one attached hydrogen (secondary N) is 1. The number of para-hydroxylation sites is 1. The molecule has 2 aromatic heterocycles. The predicted octanol–water partition coefficient (Wildman–Crippen LogP) is 2.08. The van der Waals surface area contributed by atoms with Gasteiger partial charge in [0.2, 0.25) is 11.6 Å². The van der Waals surface area contributed by atoms with Crippen molar-refractivity contribution in [3.8, 4) is 34.3 Å². The monoisotopic (exact) mass is 478 g/mol. The second kappa shape index (κ2) is 10.3. The molecule has 35 heavy (non-hydrogen) atoms. The molecular weight excluding hydrogens is 456 g/mol. The van der Waals surface area contributed by atoms with E-state index in [1.807, 2.05) is 6.92 Å². The number of benzene rings is 2. The highest BCUT2D eigenvalue weighted by Crippen LogP contribution is 2.30. The fraction of sp³-hybridized carbons (Fsp3) is 0.182. The molecule has 0 spiro atoms. The molecule has 13 nitrogen and oxygen atoms in total. The van der Waals surface area contributed by atoms with Crippen molar-refractivity contribution in [3.63, 3.8) is 0 Å². The van der Waals surface area contributed by atoms with E-state index in [4.69, 9.17) is 24.6 Å². The van der Waals surface area contributed by atoms with Crippen molar-refractivity contribution in [1.82, 2.24) is 30.7 Å². The van der Waals surface area contributed by atoms with Crippen molar-refractivity contribution < 1.29 is 23.6 Å². The molecule has 0 aliphatic carbocycles. The van der Waals surface area contributed by atoms with Gasteiger partial charge in [-0.2, -0.15) is 9.78 Å². The molecule has 0 saturated carbocycles. The van der Waals surface area contributed by atoms with Crippen LogP contribution in [0.4, 0.5) is 5.82 Å². The Hall–Kier alpha value is -4.94. The first kappa shape index (κ1) is 23.2. The molecule has 0 saturated heterocycles. The number of rotatable bonds is 9. The lowest BCUT2D eigenvalue weighted by Crippen LogP contribution is -2.19. The Balaban J connectivity index is 1.69. The molecule has 4 aromatic rings. The number of methoxy groups -OCH3 is 2. The second-order valence-corrected chi connectivity index (χ2v) is 6.91. The van der Waals surface area contributed by atoms with Gasteiger partial charge in [0.25, 0.3) is 5.91 Å². The fourth-order valence-corrected chi connectivity index (χ4v) is 3.31. The average molecular weight is 478 g/mol. The summed E-state index contributed by atoms with van der Waals surface area (Å²) in [6, 6.07) is 12.4. The van der Waals surface area contributed by atoms with Gasteiger partial charge in [0, 0.05) is 11.1 Å². The van der Waals surface area contributed by atoms with Gasteiger partial charge in [-0.25, -0.2) is 10.1 Å². The van der Waals surface area contributed by atoms with E-state index in [-0.39, 0.29) is 17.3 Å². The van der Waals surface area contributed by atoms with Crippen LogP contribution < -0.4 is 25.4 Å². The highest BCUT2D eigenvalue weighted by atomic mass is 16.6. The first-order valence-corrected chi connectivity index (χ1v) is 10.4. The van der Waals surface area contributed by atoms with Crippen LogP contribution in [0.2, 0.25) is 0 Å². The lowest BCUT2D eigenvalue weighted by molar-refractivity contribution is 0.0950. The molecule has 0 radical (unpaired) electrons. The van der Waals surface area contributed by atoms with Crippen molar-refractivity contribution >= 4 is 17.9 Å². The van der Waals surface area contributed by atoms with Crippen molar-refractivity contribution in [3.05, 3.63) is 53.7 Å². The van der Waals surface area contributed by atoms with Gasteiger partial charge in [-0.3, -0.25) is 4.79 Å². The van der Waals surface area contributed by atoms with Crippen LogP contribution in [0.1, 0.15) is 23.0 Å². The lowest BCUT2D eigenvalue weighted by atomic mass is 10.1. The summed E-state index contributed by atoms with van der Waals surface area (Å²) in [5.41, 5.74) is 9.74. The molecule has 180 valence electrons. The summed E-state index contributed by atoms with van der Waals surface area (Å²) in [7, 11) is 3.04. The van der Waals surface area contributed by atoms with E-state index in [9.17, 15) is 4.79 Å². The van der Waals surface area contributed by atoms with Gasteiger partial charge < -0.3 is 19.9 Å². The number of nitrogens with two attached hydrogens (primary N) is 1. The van der Waals surface area contributed by atoms with Crippen molar-refractivity contribution in [2.24, 2.45) is 5.10 Å². The zero-order valence-corrected chi connectivity index (χ0v) is 19.1. The van der Waals surface area contributed by atoms with Gasteiger partial charge in [-0.1, -0.05) is 23.4 Å². The van der Waals surface area contributed by atoms with E-state index in [1.165, 1.54) is 25.1 Å². The third-order valence-corrected chi connectivity index (χ3v) is 4.80. The maximum atomic E-state index is 13.1. The number of anilines is 1. The van der Waals surface area contributed by atoms with E-state index in [0.29, 0.717) is 40.7 Å². The molecule has 3 N–H and O–H groups in total. The van der Waals surface area contributed by atoms with Crippen molar-refractivity contribution in [2.75, 3.05) is 26.6 Å². The van der Waals surface area contributed by atoms with Gasteiger partial charge in [-0.05, 0) is 41.5 Å². The number of hydrazone groups is 1. The van der Waals surface area contributed by atoms with Crippen LogP contribution in [0, 0.1) is 0 Å². The molecule has 0 fully saturated rings. The standard InChI is InChI=1S/C22H22N8O5/c1-4-34-15-9-5-7-13(11-15)18-17(25-29-30(18)21-20(23)27-35-28-21)22(31)26-24-12-14-8-6-10-16(32-2)19(14)33-3/h5-12H,4H2,1-3H3,(H2,23,27)(H,26,31). The minimum Gasteiger partial charge on any atom is -0.494 e. The number of carbonyl (C=O) groups excluding carboxylic acids is 1. The lowest BCUT2D eigenvalue weighted by Gasteiger charge is -2.09. The van der Waals surface area contributed by atoms with Crippen molar-refractivity contribution in [1.29, 1.82) is 0 Å². The highest BCUT2D eigenvalue weighted by Gasteiger charge is 2.25. The molecule has 4 rings (SSSR count). The van der Waals surface area contributed by atoms with Crippen LogP contribution in [-0.4, -0.2) is 58.3 Å². The summed E-state index contributed by atoms with van der Waals surface area (Å²) in [6.07, 6.45) is 1.43. The smallest absolute Gasteiger partial charge is 0.294 e. The largest absolute Gasteiger partial charge is 0.494 e. The molecule has 2 aromatic carbocycles. The van der Waals surface area contributed by atoms with Gasteiger partial charge >= 0.3 is 0 Å². The van der Waals surface area contributed by atoms with Crippen LogP contribution >= 0.6 is 0 Å². The Labute approximate surface area is 199 Å². The van der Waals surface area contributed by atoms with Gasteiger partial charge in [0.15, 0.2) is 17.2 Å². The first-order valence-electron chi connectivity index (χ1n) is 10.4. The molecule has 0 aliphatic heterocycles. The normalized spacial score (nSPS) is 10.9. The Morgan fingerprint density at radius 1 is 1.20 bits per heavy atom. The van der Waals surface area contributed by atoms with Gasteiger partial charge in [0.05, 0.1) is 27.0 Å². The zero-order valence-electron chi connectivity index (χ0n) is 19.1. The Kier molecular flexibility index (Phi) is 6.86. The van der Waals surface area contributed by atoms with Crippen molar-refractivity contribution in [2.45, 2.75) is 6.92 Å². The number of ether oxygens (including phenoxy) is 3. The second-order valence-electron chi connectivity index (χ2n) is 6.91. The van der Waals surface area contributed by atoms with E-state index in [2.05, 4.69) is 31.2 Å². The Bertz CT molecular complexity index is 1360. The molecule has 13 heteroatoms. The number of nitrogens with zero attached hydrogens (tertiary/aromatic N) is 6. The summed E-state index contributed by atoms with van der Waals surface area (Å²) in [5, 5.41) is 19.5. The minimum absolute atomic E-state index is 0.0211. The quantitative estimate of drug-likeness (QED) is 0.269. The SMILES string of the molecule is CCOc1cccc(-c2c(C(=O)NN=Cc3cccc(OC)c3OC)nnn2-c2nonc2N)c1. The summed E-state index contributed by atoms with van der Waals surface area (Å²) < 4.78 is 22.2. The first-order chi connectivity index (χ1) is 17.1. The fourth-order valence-electron chi connectivity index (χ4n) is 3.31. The molecule has 0 atom stereocenters. The van der Waals surface area contributed by atoms with Crippen LogP contribution in [-0.2, 0) is 0 Å². The maximum absolute atomic E-state index is 13.1. The number of hydrogen-bond donors (Lipinski definition) is 2. The van der Waals surface area contributed by atoms with Crippen LogP contribution in [0.15, 0.2) is 52.2 Å². The summed E-state index contributed by atoms with van der Waals surface area (Å²) in [5.74, 6) is 1.03. The van der Waals surface area contributed by atoms with E-state index >= 15 is 0 Å². The highest BCUT2D eigenvalue weighted by molar-refractivity contribution is 5.99. The summed E-state index contributed by atoms with van der Waals surface area (Å²) in [6.45, 7) is 2.34. The molecule has 1 amide bonds. The number of amides is 1. The van der Waals surface area contributed by atoms with Crippen LogP contribution in [0.25, 0.3) is 17.1 Å². The Morgan fingerprint density at radius 2 is 2.03 bits per heavy atom. The predicted molar refractivity (Wildman–Crippen MR) is 125 cm³/mol. The molecule has 0 aliphatic rings. The number of aromatic nitrogens is 5. The Morgan fingerprint density at radius 3 is 2.74 bits per heavy atom. The number of carbonyl (C=O) groups is 1. The number of hydrogen-bond acceptors (Lipinski definition) is 11. The van der Waals surface area contributed by atoms with Gasteiger partial charge in [0.1, 0.15) is 11.4 Å². The zero-order chi connectivity index (χ0) is 24.8. The van der Waals surface area contributed by atoms with Crippen LogP contribution in [0.3, 0.4) is 0 Å². The third kappa shape index (κ3) is 4.73. The third-order valence-electron chi connectivity index (χ3n) is 4.80. The summed E-state index contributed by atoms with van der Waals surface area (Å²) in [4.78, 5) is 13.1. The average Bonchev–Trinajstić information content (AvgIpc) is 3.50.